The van der Waals surface area contributed by atoms with E-state index in [0.717, 1.165) is 5.06 Å². The number of piperidine rings is 1. The number of nitrogens with zero attached hydrogens (tertiary/aromatic N) is 1. The third-order valence-corrected chi connectivity index (χ3v) is 5.25. The molecule has 0 aliphatic carbocycles. The van der Waals surface area contributed by atoms with Crippen LogP contribution in [-0.2, 0) is 9.94 Å². The molecule has 0 spiro atoms. The van der Waals surface area contributed by atoms with Crippen LogP contribution < -0.4 is 0 Å². The largest absolute Gasteiger partial charge is 0.459 e. The number of rotatable bonds is 4. The smallest absolute Gasteiger partial charge is 0.338 e. The van der Waals surface area contributed by atoms with E-state index < -0.39 is 17.0 Å². The zero-order valence-electron chi connectivity index (χ0n) is 16.8. The van der Waals surface area contributed by atoms with E-state index in [-0.39, 0.29) is 11.9 Å². The van der Waals surface area contributed by atoms with Crippen molar-refractivity contribution in [3.05, 3.63) is 71.3 Å². The molecule has 0 atom stereocenters. The van der Waals surface area contributed by atoms with E-state index >= 15 is 0 Å². The molecule has 1 heterocycles. The second kappa shape index (κ2) is 7.49. The van der Waals surface area contributed by atoms with Crippen LogP contribution in [0.15, 0.2) is 54.6 Å². The molecule has 1 aliphatic rings. The van der Waals surface area contributed by atoms with Crippen molar-refractivity contribution in [1.82, 2.24) is 5.06 Å². The Bertz CT molecular complexity index is 838. The van der Waals surface area contributed by atoms with Gasteiger partial charge in [0.2, 0.25) is 0 Å². The Kier molecular flexibility index (Phi) is 5.41. The molecular weight excluding hydrogens is 354 g/mol. The summed E-state index contributed by atoms with van der Waals surface area (Å²) in [6.45, 7) is 7.47. The molecule has 1 fully saturated rings. The number of hydroxylamine groups is 2. The molecule has 2 aromatic rings. The summed E-state index contributed by atoms with van der Waals surface area (Å²) in [4.78, 5) is 25.0. The number of carbonyl (C=O) groups is 2. The number of esters is 1. The van der Waals surface area contributed by atoms with Crippen LogP contribution in [0.25, 0.3) is 0 Å². The van der Waals surface area contributed by atoms with Gasteiger partial charge in [0.15, 0.2) is 5.78 Å². The summed E-state index contributed by atoms with van der Waals surface area (Å²) in [5, 5.41) is 13.5. The van der Waals surface area contributed by atoms with Gasteiger partial charge in [0.25, 0.3) is 0 Å². The van der Waals surface area contributed by atoms with Crippen LogP contribution in [0.3, 0.4) is 0 Å². The fourth-order valence-corrected chi connectivity index (χ4v) is 3.99. The van der Waals surface area contributed by atoms with Crippen LogP contribution in [0.2, 0.25) is 0 Å². The van der Waals surface area contributed by atoms with Crippen molar-refractivity contribution < 1.29 is 19.5 Å². The molecule has 2 aromatic carbocycles. The van der Waals surface area contributed by atoms with E-state index in [1.807, 2.05) is 45.9 Å². The lowest BCUT2D eigenvalue weighted by Crippen LogP contribution is -2.60. The summed E-state index contributed by atoms with van der Waals surface area (Å²) in [6, 6.07) is 15.5. The first-order valence-corrected chi connectivity index (χ1v) is 9.48. The predicted octanol–water partition coefficient (Wildman–Crippen LogP) is 4.44. The first kappa shape index (κ1) is 20.2. The van der Waals surface area contributed by atoms with E-state index in [4.69, 9.17) is 4.74 Å². The highest BCUT2D eigenvalue weighted by Gasteiger charge is 2.47. The fourth-order valence-electron chi connectivity index (χ4n) is 3.99. The second-order valence-corrected chi connectivity index (χ2v) is 8.63. The van der Waals surface area contributed by atoms with Crippen LogP contribution in [0.4, 0.5) is 0 Å². The molecular formula is C23H26NO4. The zero-order valence-corrected chi connectivity index (χ0v) is 16.8. The summed E-state index contributed by atoms with van der Waals surface area (Å²) < 4.78 is 5.69. The van der Waals surface area contributed by atoms with Crippen LogP contribution in [0, 0.1) is 0 Å². The molecule has 1 aliphatic heterocycles. The zero-order chi connectivity index (χ0) is 20.5. The van der Waals surface area contributed by atoms with Crippen LogP contribution in [0.1, 0.15) is 66.8 Å². The van der Waals surface area contributed by atoms with Gasteiger partial charge >= 0.3 is 5.97 Å². The van der Waals surface area contributed by atoms with Crippen molar-refractivity contribution in [3.63, 3.8) is 0 Å². The summed E-state index contributed by atoms with van der Waals surface area (Å²) in [7, 11) is 0. The number of hydrogen-bond donors (Lipinski definition) is 0. The maximum absolute atomic E-state index is 12.6. The molecule has 28 heavy (non-hydrogen) atoms. The van der Waals surface area contributed by atoms with Gasteiger partial charge in [-0.3, -0.25) is 4.79 Å². The first-order chi connectivity index (χ1) is 13.1. The minimum Gasteiger partial charge on any atom is -0.459 e. The molecule has 0 bridgehead atoms. The van der Waals surface area contributed by atoms with Gasteiger partial charge < -0.3 is 4.74 Å². The maximum Gasteiger partial charge on any atom is 0.338 e. The Labute approximate surface area is 165 Å². The monoisotopic (exact) mass is 380 g/mol. The highest BCUT2D eigenvalue weighted by atomic mass is 16.5. The van der Waals surface area contributed by atoms with Gasteiger partial charge in [0.05, 0.1) is 5.56 Å². The molecule has 3 rings (SSSR count). The van der Waals surface area contributed by atoms with Crippen molar-refractivity contribution in [2.45, 2.75) is 57.7 Å². The van der Waals surface area contributed by atoms with Crippen LogP contribution in [-0.4, -0.2) is 34.0 Å². The molecule has 0 N–H and O–H groups in total. The predicted molar refractivity (Wildman–Crippen MR) is 105 cm³/mol. The molecule has 0 saturated carbocycles. The highest BCUT2D eigenvalue weighted by Crippen LogP contribution is 2.38. The molecule has 5 nitrogen and oxygen atoms in total. The Morgan fingerprint density at radius 2 is 1.29 bits per heavy atom. The van der Waals surface area contributed by atoms with Crippen molar-refractivity contribution in [3.8, 4) is 0 Å². The first-order valence-electron chi connectivity index (χ1n) is 9.48. The Balaban J connectivity index is 1.69. The van der Waals surface area contributed by atoms with E-state index in [9.17, 15) is 14.8 Å². The molecule has 0 amide bonds. The SMILES string of the molecule is CC1(C)CC(OC(=O)c2ccc(C(=O)c3ccccc3)cc2)CC(C)(C)N1[O]. The summed E-state index contributed by atoms with van der Waals surface area (Å²) in [5.74, 6) is -0.526. The quantitative estimate of drug-likeness (QED) is 0.581. The average Bonchev–Trinajstić information content (AvgIpc) is 2.66. The topological polar surface area (TPSA) is 66.5 Å². The summed E-state index contributed by atoms with van der Waals surface area (Å²) >= 11 is 0. The van der Waals surface area contributed by atoms with E-state index in [1.165, 1.54) is 0 Å². The van der Waals surface area contributed by atoms with Gasteiger partial charge in [0, 0.05) is 35.0 Å². The summed E-state index contributed by atoms with van der Waals surface area (Å²) in [5.41, 5.74) is 0.318. The van der Waals surface area contributed by atoms with E-state index in [2.05, 4.69) is 0 Å². The van der Waals surface area contributed by atoms with Crippen molar-refractivity contribution >= 4 is 11.8 Å². The molecule has 5 heteroatoms. The van der Waals surface area contributed by atoms with Gasteiger partial charge in [-0.05, 0) is 39.8 Å². The normalized spacial score (nSPS) is 19.2. The van der Waals surface area contributed by atoms with Gasteiger partial charge in [-0.15, -0.1) is 10.3 Å². The number of carbonyl (C=O) groups excluding carboxylic acids is 2. The van der Waals surface area contributed by atoms with E-state index in [1.54, 1.807) is 36.4 Å². The van der Waals surface area contributed by atoms with Gasteiger partial charge in [-0.2, -0.15) is 0 Å². The fraction of sp³-hybridized carbons (Fsp3) is 0.391. The number of ketones is 1. The molecule has 0 unspecified atom stereocenters. The van der Waals surface area contributed by atoms with Crippen molar-refractivity contribution in [2.24, 2.45) is 0 Å². The number of benzene rings is 2. The van der Waals surface area contributed by atoms with Gasteiger partial charge in [-0.1, -0.05) is 42.5 Å². The average molecular weight is 380 g/mol. The molecule has 1 saturated heterocycles. The third-order valence-electron chi connectivity index (χ3n) is 5.25. The standard InChI is InChI=1S/C23H26NO4/c1-22(2)14-19(15-23(3,4)24(22)27)28-21(26)18-12-10-17(11-13-18)20(25)16-8-6-5-7-9-16/h5-13,19H,14-15H2,1-4H3. The summed E-state index contributed by atoms with van der Waals surface area (Å²) in [6.07, 6.45) is 0.639. The lowest BCUT2D eigenvalue weighted by Gasteiger charge is -2.49. The van der Waals surface area contributed by atoms with Crippen molar-refractivity contribution in [1.29, 1.82) is 0 Å². The van der Waals surface area contributed by atoms with Crippen LogP contribution in [0.5, 0.6) is 0 Å². The third kappa shape index (κ3) is 4.16. The van der Waals surface area contributed by atoms with Crippen molar-refractivity contribution in [2.75, 3.05) is 0 Å². The lowest BCUT2D eigenvalue weighted by atomic mass is 9.80. The maximum atomic E-state index is 12.6. The number of ether oxygens (including phenoxy) is 1. The van der Waals surface area contributed by atoms with Gasteiger partial charge in [0.1, 0.15) is 6.10 Å². The number of hydrogen-bond acceptors (Lipinski definition) is 4. The molecule has 0 aromatic heterocycles. The lowest BCUT2D eigenvalue weighted by molar-refractivity contribution is -0.298. The highest BCUT2D eigenvalue weighted by molar-refractivity contribution is 6.09. The van der Waals surface area contributed by atoms with E-state index in [0.29, 0.717) is 29.5 Å². The minimum absolute atomic E-state index is 0.0909. The Hall–Kier alpha value is -2.50. The molecule has 1 radical (unpaired) electrons. The Morgan fingerprint density at radius 3 is 1.82 bits per heavy atom. The Morgan fingerprint density at radius 1 is 0.821 bits per heavy atom. The second-order valence-electron chi connectivity index (χ2n) is 8.63. The minimum atomic E-state index is -0.599. The van der Waals surface area contributed by atoms with Gasteiger partial charge in [-0.25, -0.2) is 4.79 Å². The molecule has 147 valence electrons. The van der Waals surface area contributed by atoms with Crippen LogP contribution >= 0.6 is 0 Å².